The largest absolute Gasteiger partial charge is 0.504 e. The number of likely N-dealkylation sites (N-methyl/N-ethyl adjacent to an activating group) is 1. The van der Waals surface area contributed by atoms with Crippen molar-refractivity contribution < 1.29 is 67.3 Å². The summed E-state index contributed by atoms with van der Waals surface area (Å²) >= 11 is 1.38. The smallest absolute Gasteiger partial charge is 0.333 e. The van der Waals surface area contributed by atoms with Crippen LogP contribution in [0.4, 0.5) is 0 Å². The summed E-state index contributed by atoms with van der Waals surface area (Å²) in [5.41, 5.74) is 3.00. The zero-order valence-electron chi connectivity index (χ0n) is 34.9. The van der Waals surface area contributed by atoms with Gasteiger partial charge in [-0.25, -0.2) is 4.79 Å². The van der Waals surface area contributed by atoms with E-state index < -0.39 is 71.0 Å². The van der Waals surface area contributed by atoms with Gasteiger partial charge in [0.25, 0.3) is 0 Å². The lowest BCUT2D eigenvalue weighted by atomic mass is 9.70. The van der Waals surface area contributed by atoms with Crippen molar-refractivity contribution in [3.05, 3.63) is 62.7 Å². The summed E-state index contributed by atoms with van der Waals surface area (Å²) in [7, 11) is 7.17. The number of aryl methyl sites for hydroxylation is 1. The number of thioether (sulfide) groups is 1. The molecule has 4 bridgehead atoms. The van der Waals surface area contributed by atoms with Crippen molar-refractivity contribution in [2.75, 3.05) is 54.6 Å². The van der Waals surface area contributed by atoms with Gasteiger partial charge in [-0.3, -0.25) is 29.5 Å². The Bertz CT molecular complexity index is 2390. The number of ether oxygens (including phenoxy) is 8. The normalized spacial score (nSPS) is 27.1. The lowest BCUT2D eigenvalue weighted by Crippen LogP contribution is -2.72. The average Bonchev–Trinajstić information content (AvgIpc) is 3.74. The van der Waals surface area contributed by atoms with Crippen LogP contribution in [-0.4, -0.2) is 117 Å². The average molecular weight is 862 g/mol. The number of hydrogen-bond donors (Lipinski definition) is 3. The monoisotopic (exact) mass is 861 g/mol. The van der Waals surface area contributed by atoms with Crippen LogP contribution in [0.3, 0.4) is 0 Å². The van der Waals surface area contributed by atoms with E-state index in [0.717, 1.165) is 5.56 Å². The van der Waals surface area contributed by atoms with Crippen LogP contribution in [0.2, 0.25) is 0 Å². The number of esters is 4. The minimum Gasteiger partial charge on any atom is -0.504 e. The van der Waals surface area contributed by atoms with Gasteiger partial charge >= 0.3 is 23.9 Å². The number of fused-ring (bicyclic) bond motifs is 8. The molecule has 1 spiro atoms. The van der Waals surface area contributed by atoms with Crippen LogP contribution < -0.4 is 29.0 Å². The van der Waals surface area contributed by atoms with Gasteiger partial charge in [0, 0.05) is 48.0 Å². The van der Waals surface area contributed by atoms with Crippen molar-refractivity contribution in [3.63, 3.8) is 0 Å². The van der Waals surface area contributed by atoms with Crippen LogP contribution >= 0.6 is 11.8 Å². The summed E-state index contributed by atoms with van der Waals surface area (Å²) in [6.07, 6.45) is -0.708. The van der Waals surface area contributed by atoms with Crippen LogP contribution in [0.1, 0.15) is 69.0 Å². The third-order valence-electron chi connectivity index (χ3n) is 13.3. The van der Waals surface area contributed by atoms with E-state index in [1.54, 1.807) is 19.1 Å². The molecule has 10 rings (SSSR count). The molecule has 61 heavy (non-hydrogen) atoms. The first-order valence-electron chi connectivity index (χ1n) is 19.9. The Balaban J connectivity index is 1.40. The third-order valence-corrected chi connectivity index (χ3v) is 14.8. The lowest BCUT2D eigenvalue weighted by Gasteiger charge is -2.63. The summed E-state index contributed by atoms with van der Waals surface area (Å²) in [5.74, 6) is -3.56. The van der Waals surface area contributed by atoms with E-state index in [1.807, 2.05) is 29.8 Å². The van der Waals surface area contributed by atoms with E-state index >= 15 is 4.79 Å². The molecular weight excluding hydrogens is 815 g/mol. The number of phenolic OH excluding ortho intramolecular Hbond substituents is 2. The number of phenols is 2. The molecule has 7 atom stereocenters. The molecule has 324 valence electrons. The summed E-state index contributed by atoms with van der Waals surface area (Å²) in [6, 6.07) is 1.88. The molecule has 0 saturated carbocycles. The number of nitrogens with zero attached hydrogens (tertiary/aromatic N) is 2. The van der Waals surface area contributed by atoms with Gasteiger partial charge in [-0.2, -0.15) is 0 Å². The highest BCUT2D eigenvalue weighted by molar-refractivity contribution is 7.99. The molecule has 0 aliphatic carbocycles. The summed E-state index contributed by atoms with van der Waals surface area (Å²) in [5, 5.41) is 25.8. The molecular formula is C43H47N3O14S. The maximum absolute atomic E-state index is 15.6. The fourth-order valence-electron chi connectivity index (χ4n) is 10.8. The second kappa shape index (κ2) is 14.9. The number of rotatable bonds is 6. The molecule has 3 aromatic carbocycles. The van der Waals surface area contributed by atoms with Crippen molar-refractivity contribution >= 4 is 35.6 Å². The van der Waals surface area contributed by atoms with Crippen molar-refractivity contribution in [2.45, 2.75) is 74.8 Å². The molecule has 2 fully saturated rings. The Morgan fingerprint density at radius 2 is 1.67 bits per heavy atom. The number of nitrogens with one attached hydrogen (secondary N) is 1. The fourth-order valence-corrected chi connectivity index (χ4v) is 12.5. The predicted octanol–water partition coefficient (Wildman–Crippen LogP) is 3.38. The summed E-state index contributed by atoms with van der Waals surface area (Å²) in [4.78, 5) is 60.8. The molecule has 3 aromatic rings. The first-order chi connectivity index (χ1) is 29.2. The zero-order chi connectivity index (χ0) is 43.4. The second-order valence-electron chi connectivity index (χ2n) is 16.2. The minimum atomic E-state index is -1.56. The first kappa shape index (κ1) is 40.9. The Morgan fingerprint density at radius 3 is 2.34 bits per heavy atom. The van der Waals surface area contributed by atoms with E-state index in [1.165, 1.54) is 47.1 Å². The van der Waals surface area contributed by atoms with Crippen molar-refractivity contribution in [2.24, 2.45) is 5.92 Å². The molecule has 6 unspecified atom stereocenters. The fraction of sp³-hybridized carbons (Fsp3) is 0.488. The molecule has 2 saturated heterocycles. The number of aromatic hydroxyl groups is 2. The number of benzene rings is 3. The highest BCUT2D eigenvalue weighted by Gasteiger charge is 2.66. The predicted molar refractivity (Wildman–Crippen MR) is 215 cm³/mol. The number of hydrogen-bond acceptors (Lipinski definition) is 18. The zero-order valence-corrected chi connectivity index (χ0v) is 35.7. The molecule has 7 aliphatic rings. The summed E-state index contributed by atoms with van der Waals surface area (Å²) in [6.45, 7) is 5.03. The van der Waals surface area contributed by atoms with E-state index in [0.29, 0.717) is 51.9 Å². The first-order valence-corrected chi connectivity index (χ1v) is 20.9. The van der Waals surface area contributed by atoms with Crippen molar-refractivity contribution in [1.82, 2.24) is 15.1 Å². The molecule has 17 nitrogen and oxygen atoms in total. The molecule has 0 radical (unpaired) electrons. The van der Waals surface area contributed by atoms with Gasteiger partial charge in [0.15, 0.2) is 52.2 Å². The molecule has 0 aromatic heterocycles. The van der Waals surface area contributed by atoms with Crippen LogP contribution in [0.15, 0.2) is 18.2 Å². The second-order valence-corrected chi connectivity index (χ2v) is 17.3. The van der Waals surface area contributed by atoms with Gasteiger partial charge in [-0.1, -0.05) is 6.07 Å². The topological polar surface area (TPSA) is 201 Å². The Kier molecular flexibility index (Phi) is 9.99. The van der Waals surface area contributed by atoms with Gasteiger partial charge in [-0.15, -0.1) is 11.8 Å². The van der Waals surface area contributed by atoms with E-state index in [9.17, 15) is 24.6 Å². The SMILES string of the molecule is COC(=O)C(C(=O)OC)C1C2Cc3cc(C)c(OC)c(O)c3C(C3C4SC[C@]5(NCCc6cc(O)c(OC)cc65)C(=O)OC(c5c6c(c(C)c(OC(C)=O)c54)OCO6)N13)N2C. The van der Waals surface area contributed by atoms with Crippen molar-refractivity contribution in [3.8, 4) is 40.2 Å². The molecule has 7 heterocycles. The highest BCUT2D eigenvalue weighted by Crippen LogP contribution is 2.66. The Hall–Kier alpha value is -5.43. The van der Waals surface area contributed by atoms with Gasteiger partial charge in [0.05, 0.1) is 51.3 Å². The minimum absolute atomic E-state index is 0.0406. The highest BCUT2D eigenvalue weighted by atomic mass is 32.2. The summed E-state index contributed by atoms with van der Waals surface area (Å²) < 4.78 is 47.3. The quantitative estimate of drug-likeness (QED) is 0.141. The van der Waals surface area contributed by atoms with Crippen LogP contribution in [0.25, 0.3) is 0 Å². The Labute approximate surface area is 355 Å². The van der Waals surface area contributed by atoms with Gasteiger partial charge < -0.3 is 48.1 Å². The van der Waals surface area contributed by atoms with Gasteiger partial charge in [0.1, 0.15) is 5.75 Å². The molecule has 18 heteroatoms. The maximum atomic E-state index is 15.6. The van der Waals surface area contributed by atoms with Crippen LogP contribution in [0, 0.1) is 19.8 Å². The van der Waals surface area contributed by atoms with Gasteiger partial charge in [0.2, 0.25) is 6.79 Å². The lowest BCUT2D eigenvalue weighted by molar-refractivity contribution is -0.204. The number of carbonyl (C=O) groups is 4. The maximum Gasteiger partial charge on any atom is 0.333 e. The molecule has 0 amide bonds. The van der Waals surface area contributed by atoms with Crippen LogP contribution in [0.5, 0.6) is 40.2 Å². The van der Waals surface area contributed by atoms with Crippen LogP contribution in [-0.2, 0) is 51.8 Å². The molecule has 7 aliphatic heterocycles. The number of methoxy groups -OCH3 is 4. The number of carbonyl (C=O) groups excluding carboxylic acids is 4. The van der Waals surface area contributed by atoms with E-state index in [4.69, 9.17) is 37.9 Å². The molecule has 3 N–H and O–H groups in total. The van der Waals surface area contributed by atoms with E-state index in [-0.39, 0.29) is 59.2 Å². The Morgan fingerprint density at radius 1 is 0.951 bits per heavy atom. The van der Waals surface area contributed by atoms with Gasteiger partial charge in [-0.05, 0) is 68.1 Å². The van der Waals surface area contributed by atoms with E-state index in [2.05, 4.69) is 5.32 Å². The standard InChI is InChI=1S/C43H47N3O14S/c1-17-11-21-12-23-30(29(40(50)55-7)41(51)56-8)46-32(31(45(23)4)26(21)33(49)34(17)54-6)38-27-28(37-36(57-16-58-37)18(2)35(27)59-19(3)47)39(46)60-42(52)43(15-61-38)22-14-25(53-5)24(48)13-20(22)9-10-44-43/h11,13-14,23,29-32,38-39,44,48-49H,9-10,12,15-16H2,1-8H3/t23?,30?,31?,32?,38?,39?,43-/m1/s1. The van der Waals surface area contributed by atoms with Crippen molar-refractivity contribution in [1.29, 1.82) is 0 Å². The number of piperazine rings is 1. The third kappa shape index (κ3) is 5.78.